The standard InChI is InChI=1S/C13H19NO/c14-10-9-12-7-4-8-13(15-12)11-5-2-1-3-6-11/h1-3,5-6,12-13H,4,7-10,14H2/t12-,13+/m1/s1. The molecule has 1 heterocycles. The molecule has 2 N–H and O–H groups in total. The van der Waals surface area contributed by atoms with Gasteiger partial charge in [0.25, 0.3) is 0 Å². The molecule has 15 heavy (non-hydrogen) atoms. The fourth-order valence-corrected chi connectivity index (χ4v) is 2.21. The van der Waals surface area contributed by atoms with Gasteiger partial charge in [0.2, 0.25) is 0 Å². The predicted molar refractivity (Wildman–Crippen MR) is 61.6 cm³/mol. The van der Waals surface area contributed by atoms with E-state index in [-0.39, 0.29) is 6.10 Å². The topological polar surface area (TPSA) is 35.2 Å². The van der Waals surface area contributed by atoms with Crippen LogP contribution in [0.3, 0.4) is 0 Å². The molecular weight excluding hydrogens is 186 g/mol. The van der Waals surface area contributed by atoms with Crippen LogP contribution in [0.5, 0.6) is 0 Å². The summed E-state index contributed by atoms with van der Waals surface area (Å²) in [5.74, 6) is 0. The molecule has 1 aliphatic rings. The summed E-state index contributed by atoms with van der Waals surface area (Å²) in [6.45, 7) is 0.728. The van der Waals surface area contributed by atoms with Gasteiger partial charge in [0.05, 0.1) is 12.2 Å². The Balaban J connectivity index is 1.98. The molecule has 0 bridgehead atoms. The molecule has 1 aromatic rings. The lowest BCUT2D eigenvalue weighted by atomic mass is 9.97. The maximum Gasteiger partial charge on any atom is 0.0828 e. The summed E-state index contributed by atoms with van der Waals surface area (Å²) < 4.78 is 6.03. The largest absolute Gasteiger partial charge is 0.370 e. The highest BCUT2D eigenvalue weighted by molar-refractivity contribution is 5.17. The van der Waals surface area contributed by atoms with E-state index in [1.165, 1.54) is 18.4 Å². The van der Waals surface area contributed by atoms with E-state index in [9.17, 15) is 0 Å². The summed E-state index contributed by atoms with van der Waals surface area (Å²) in [5, 5.41) is 0. The molecule has 2 nitrogen and oxygen atoms in total. The first kappa shape index (κ1) is 10.7. The van der Waals surface area contributed by atoms with Gasteiger partial charge in [-0.1, -0.05) is 30.3 Å². The van der Waals surface area contributed by atoms with Crippen molar-refractivity contribution in [3.8, 4) is 0 Å². The Hall–Kier alpha value is -0.860. The molecule has 0 aliphatic carbocycles. The molecule has 0 radical (unpaired) electrons. The minimum atomic E-state index is 0.288. The first-order valence-corrected chi connectivity index (χ1v) is 5.80. The third kappa shape index (κ3) is 2.80. The molecule has 82 valence electrons. The van der Waals surface area contributed by atoms with E-state index in [0.29, 0.717) is 6.10 Å². The molecule has 0 amide bonds. The van der Waals surface area contributed by atoms with Gasteiger partial charge < -0.3 is 10.5 Å². The highest BCUT2D eigenvalue weighted by Crippen LogP contribution is 2.31. The number of rotatable bonds is 3. The lowest BCUT2D eigenvalue weighted by Crippen LogP contribution is -2.24. The summed E-state index contributed by atoms with van der Waals surface area (Å²) in [5.41, 5.74) is 6.87. The van der Waals surface area contributed by atoms with Gasteiger partial charge in [-0.05, 0) is 37.8 Å². The minimum absolute atomic E-state index is 0.288. The van der Waals surface area contributed by atoms with E-state index in [4.69, 9.17) is 10.5 Å². The van der Waals surface area contributed by atoms with Gasteiger partial charge in [0.1, 0.15) is 0 Å². The molecule has 0 spiro atoms. The highest BCUT2D eigenvalue weighted by Gasteiger charge is 2.22. The maximum atomic E-state index is 6.03. The van der Waals surface area contributed by atoms with E-state index in [0.717, 1.165) is 19.4 Å². The van der Waals surface area contributed by atoms with Crippen molar-refractivity contribution in [2.45, 2.75) is 37.9 Å². The molecule has 0 aromatic heterocycles. The van der Waals surface area contributed by atoms with E-state index in [1.54, 1.807) is 0 Å². The Morgan fingerprint density at radius 3 is 2.73 bits per heavy atom. The van der Waals surface area contributed by atoms with E-state index >= 15 is 0 Å². The van der Waals surface area contributed by atoms with Crippen molar-refractivity contribution in [1.29, 1.82) is 0 Å². The molecule has 2 rings (SSSR count). The van der Waals surface area contributed by atoms with Crippen LogP contribution in [-0.4, -0.2) is 12.6 Å². The maximum absolute atomic E-state index is 6.03. The van der Waals surface area contributed by atoms with Crippen molar-refractivity contribution in [2.75, 3.05) is 6.54 Å². The molecule has 2 atom stereocenters. The van der Waals surface area contributed by atoms with Crippen LogP contribution in [0.15, 0.2) is 30.3 Å². The second-order valence-electron chi connectivity index (χ2n) is 4.17. The molecule has 0 unspecified atom stereocenters. The summed E-state index contributed by atoms with van der Waals surface area (Å²) in [6, 6.07) is 10.5. The van der Waals surface area contributed by atoms with E-state index in [2.05, 4.69) is 24.3 Å². The molecular formula is C13H19NO. The lowest BCUT2D eigenvalue weighted by Gasteiger charge is -2.30. The van der Waals surface area contributed by atoms with Gasteiger partial charge in [-0.3, -0.25) is 0 Å². The Morgan fingerprint density at radius 1 is 1.20 bits per heavy atom. The number of nitrogens with two attached hydrogens (primary N) is 1. The number of benzene rings is 1. The SMILES string of the molecule is NCC[C@H]1CCC[C@@H](c2ccccc2)O1. The molecule has 1 aromatic carbocycles. The van der Waals surface area contributed by atoms with Gasteiger partial charge in [-0.15, -0.1) is 0 Å². The van der Waals surface area contributed by atoms with Crippen molar-refractivity contribution >= 4 is 0 Å². The Morgan fingerprint density at radius 2 is 2.00 bits per heavy atom. The van der Waals surface area contributed by atoms with Gasteiger partial charge in [0, 0.05) is 0 Å². The van der Waals surface area contributed by atoms with Crippen LogP contribution < -0.4 is 5.73 Å². The molecule has 1 saturated heterocycles. The van der Waals surface area contributed by atoms with Crippen molar-refractivity contribution < 1.29 is 4.74 Å². The van der Waals surface area contributed by atoms with Crippen LogP contribution in [-0.2, 0) is 4.74 Å². The third-order valence-electron chi connectivity index (χ3n) is 3.01. The molecule has 1 aliphatic heterocycles. The molecule has 2 heteroatoms. The second-order valence-corrected chi connectivity index (χ2v) is 4.17. The van der Waals surface area contributed by atoms with Gasteiger partial charge in [-0.25, -0.2) is 0 Å². The predicted octanol–water partition coefficient (Wildman–Crippen LogP) is 2.65. The zero-order valence-electron chi connectivity index (χ0n) is 9.06. The Labute approximate surface area is 91.4 Å². The van der Waals surface area contributed by atoms with E-state index in [1.807, 2.05) is 6.07 Å². The summed E-state index contributed by atoms with van der Waals surface area (Å²) >= 11 is 0. The summed E-state index contributed by atoms with van der Waals surface area (Å²) in [6.07, 6.45) is 5.21. The lowest BCUT2D eigenvalue weighted by molar-refractivity contribution is -0.0535. The number of hydrogen-bond acceptors (Lipinski definition) is 2. The monoisotopic (exact) mass is 205 g/mol. The smallest absolute Gasteiger partial charge is 0.0828 e. The van der Waals surface area contributed by atoms with Crippen molar-refractivity contribution in [2.24, 2.45) is 5.73 Å². The van der Waals surface area contributed by atoms with Crippen LogP contribution in [0, 0.1) is 0 Å². The fourth-order valence-electron chi connectivity index (χ4n) is 2.21. The second kappa shape index (κ2) is 5.29. The average Bonchev–Trinajstić information content (AvgIpc) is 2.31. The minimum Gasteiger partial charge on any atom is -0.370 e. The normalized spacial score (nSPS) is 26.5. The van der Waals surface area contributed by atoms with Crippen molar-refractivity contribution in [1.82, 2.24) is 0 Å². The van der Waals surface area contributed by atoms with Gasteiger partial charge >= 0.3 is 0 Å². The fraction of sp³-hybridized carbons (Fsp3) is 0.538. The first-order chi connectivity index (χ1) is 7.40. The summed E-state index contributed by atoms with van der Waals surface area (Å²) in [7, 11) is 0. The highest BCUT2D eigenvalue weighted by atomic mass is 16.5. The molecule has 1 fully saturated rings. The van der Waals surface area contributed by atoms with Crippen LogP contribution in [0.1, 0.15) is 37.4 Å². The average molecular weight is 205 g/mol. The summed E-state index contributed by atoms with van der Waals surface area (Å²) in [4.78, 5) is 0. The van der Waals surface area contributed by atoms with Crippen LogP contribution >= 0.6 is 0 Å². The Bertz CT molecular complexity index is 284. The first-order valence-electron chi connectivity index (χ1n) is 5.80. The van der Waals surface area contributed by atoms with Crippen molar-refractivity contribution in [3.05, 3.63) is 35.9 Å². The van der Waals surface area contributed by atoms with Gasteiger partial charge in [-0.2, -0.15) is 0 Å². The van der Waals surface area contributed by atoms with E-state index < -0.39 is 0 Å². The number of hydrogen-bond donors (Lipinski definition) is 1. The van der Waals surface area contributed by atoms with Crippen LogP contribution in [0.4, 0.5) is 0 Å². The quantitative estimate of drug-likeness (QED) is 0.823. The van der Waals surface area contributed by atoms with Crippen LogP contribution in [0.25, 0.3) is 0 Å². The van der Waals surface area contributed by atoms with Crippen molar-refractivity contribution in [3.63, 3.8) is 0 Å². The molecule has 0 saturated carbocycles. The van der Waals surface area contributed by atoms with Crippen LogP contribution in [0.2, 0.25) is 0 Å². The zero-order chi connectivity index (χ0) is 10.5. The van der Waals surface area contributed by atoms with Gasteiger partial charge in [0.15, 0.2) is 0 Å². The zero-order valence-corrected chi connectivity index (χ0v) is 9.06. The number of ether oxygens (including phenoxy) is 1. The Kier molecular flexibility index (Phi) is 3.75. The third-order valence-corrected chi connectivity index (χ3v) is 3.01.